The molecule has 4 rings (SSSR count). The van der Waals surface area contributed by atoms with Crippen LogP contribution in [0.15, 0.2) is 42.5 Å². The summed E-state index contributed by atoms with van der Waals surface area (Å²) in [4.78, 5) is 7.70. The number of para-hydroxylation sites is 1. The number of nitrogens with one attached hydrogen (secondary N) is 1. The van der Waals surface area contributed by atoms with Gasteiger partial charge in [-0.15, -0.1) is 0 Å². The number of aryl methyl sites for hydroxylation is 1. The van der Waals surface area contributed by atoms with Gasteiger partial charge in [0.2, 0.25) is 0 Å². The zero-order valence-corrected chi connectivity index (χ0v) is 17.6. The first-order valence-electron chi connectivity index (χ1n) is 9.89. The maximum atomic E-state index is 13.7. The Hall–Kier alpha value is -2.77. The van der Waals surface area contributed by atoms with E-state index >= 15 is 0 Å². The van der Waals surface area contributed by atoms with Gasteiger partial charge in [0, 0.05) is 21.9 Å². The minimum Gasteiger partial charge on any atom is -0.496 e. The fourth-order valence-electron chi connectivity index (χ4n) is 3.90. The summed E-state index contributed by atoms with van der Waals surface area (Å²) in [5.41, 5.74) is 7.31. The molecule has 162 valence electrons. The van der Waals surface area contributed by atoms with Crippen LogP contribution in [-0.2, 0) is 12.6 Å². The molecule has 0 bridgehead atoms. The molecule has 2 heterocycles. The minimum absolute atomic E-state index is 0.00331. The number of rotatable bonds is 6. The highest BCUT2D eigenvalue weighted by molar-refractivity contribution is 6.31. The Kier molecular flexibility index (Phi) is 5.81. The Labute approximate surface area is 182 Å². The summed E-state index contributed by atoms with van der Waals surface area (Å²) >= 11 is 6.07. The van der Waals surface area contributed by atoms with Crippen molar-refractivity contribution < 1.29 is 17.9 Å². The number of alkyl halides is 3. The Balaban J connectivity index is 2.01. The van der Waals surface area contributed by atoms with Crippen LogP contribution in [0, 0.1) is 0 Å². The van der Waals surface area contributed by atoms with Gasteiger partial charge in [0.1, 0.15) is 5.75 Å². The van der Waals surface area contributed by atoms with Crippen molar-refractivity contribution in [1.82, 2.24) is 9.97 Å². The highest BCUT2D eigenvalue weighted by atomic mass is 35.5. The molecule has 4 nitrogen and oxygen atoms in total. The van der Waals surface area contributed by atoms with Gasteiger partial charge in [-0.2, -0.15) is 13.2 Å². The molecule has 0 atom stereocenters. The van der Waals surface area contributed by atoms with Crippen molar-refractivity contribution in [2.24, 2.45) is 5.73 Å². The molecule has 0 aliphatic heterocycles. The summed E-state index contributed by atoms with van der Waals surface area (Å²) in [7, 11) is 1.56. The highest BCUT2D eigenvalue weighted by Gasteiger charge is 2.35. The first-order valence-corrected chi connectivity index (χ1v) is 10.3. The third-order valence-corrected chi connectivity index (χ3v) is 5.54. The number of nitrogens with two attached hydrogens (primary N) is 1. The van der Waals surface area contributed by atoms with Gasteiger partial charge in [0.25, 0.3) is 0 Å². The summed E-state index contributed by atoms with van der Waals surface area (Å²) in [5, 5.41) is 1.31. The number of aromatic amines is 1. The van der Waals surface area contributed by atoms with E-state index in [9.17, 15) is 13.2 Å². The molecule has 0 aliphatic carbocycles. The maximum Gasteiger partial charge on any atom is 0.418 e. The molecule has 0 saturated heterocycles. The van der Waals surface area contributed by atoms with Gasteiger partial charge in [0.05, 0.1) is 35.1 Å². The Morgan fingerprint density at radius 1 is 1.10 bits per heavy atom. The number of unbranched alkanes of at least 4 members (excludes halogenated alkanes) is 1. The molecular weight excluding hydrogens is 427 g/mol. The number of halogens is 4. The van der Waals surface area contributed by atoms with Gasteiger partial charge in [-0.1, -0.05) is 23.7 Å². The van der Waals surface area contributed by atoms with Gasteiger partial charge in [-0.3, -0.25) is 0 Å². The number of pyridine rings is 1. The van der Waals surface area contributed by atoms with Crippen LogP contribution in [0.1, 0.15) is 24.0 Å². The van der Waals surface area contributed by atoms with Crippen LogP contribution in [0.2, 0.25) is 5.02 Å². The van der Waals surface area contributed by atoms with Crippen molar-refractivity contribution >= 4 is 33.4 Å². The second kappa shape index (κ2) is 8.40. The molecular formula is C23H21ClF3N3O. The number of hydrogen-bond donors (Lipinski definition) is 2. The zero-order valence-electron chi connectivity index (χ0n) is 16.8. The van der Waals surface area contributed by atoms with Crippen molar-refractivity contribution in [2.45, 2.75) is 25.4 Å². The number of nitrogens with zero attached hydrogens (tertiary/aromatic N) is 1. The van der Waals surface area contributed by atoms with Crippen molar-refractivity contribution in [3.05, 3.63) is 58.6 Å². The predicted octanol–water partition coefficient (Wildman–Crippen LogP) is 6.35. The first-order chi connectivity index (χ1) is 14.8. The molecule has 2 aromatic carbocycles. The van der Waals surface area contributed by atoms with Crippen LogP contribution in [0.5, 0.6) is 5.75 Å². The number of aromatic nitrogens is 2. The first kappa shape index (κ1) is 21.5. The topological polar surface area (TPSA) is 63.9 Å². The fraction of sp³-hybridized carbons (Fsp3) is 0.261. The molecule has 0 aliphatic rings. The number of hydrogen-bond acceptors (Lipinski definition) is 3. The quantitative estimate of drug-likeness (QED) is 0.339. The molecule has 8 heteroatoms. The van der Waals surface area contributed by atoms with E-state index < -0.39 is 11.7 Å². The molecule has 0 saturated carbocycles. The van der Waals surface area contributed by atoms with Crippen LogP contribution in [0.3, 0.4) is 0 Å². The number of H-pyrrole nitrogens is 1. The Morgan fingerprint density at radius 2 is 1.87 bits per heavy atom. The smallest absolute Gasteiger partial charge is 0.418 e. The van der Waals surface area contributed by atoms with E-state index in [0.717, 1.165) is 29.9 Å². The van der Waals surface area contributed by atoms with Gasteiger partial charge >= 0.3 is 6.18 Å². The molecule has 0 amide bonds. The van der Waals surface area contributed by atoms with Gasteiger partial charge < -0.3 is 15.5 Å². The second-order valence-corrected chi connectivity index (χ2v) is 7.76. The lowest BCUT2D eigenvalue weighted by Gasteiger charge is -2.10. The molecule has 0 unspecified atom stereocenters. The Bertz CT molecular complexity index is 1250. The van der Waals surface area contributed by atoms with Gasteiger partial charge in [0.15, 0.2) is 0 Å². The van der Waals surface area contributed by atoms with Crippen LogP contribution in [0.25, 0.3) is 33.2 Å². The lowest BCUT2D eigenvalue weighted by Crippen LogP contribution is -2.05. The monoisotopic (exact) mass is 447 g/mol. The molecule has 4 aromatic rings. The molecule has 3 N–H and O–H groups in total. The van der Waals surface area contributed by atoms with Crippen LogP contribution in [-0.4, -0.2) is 23.6 Å². The van der Waals surface area contributed by atoms with E-state index in [-0.39, 0.29) is 10.5 Å². The van der Waals surface area contributed by atoms with E-state index in [1.807, 2.05) is 24.3 Å². The standard InChI is InChI=1S/C23H21ClF3N3O/c1-31-20-12-19(29-18-8-3-2-7-15(18)20)22-14(6-4-5-9-28)16-10-13(24)11-17(21(16)30-22)23(25,26)27/h2-3,7-8,10-12,30H,4-6,9,28H2,1H3. The normalized spacial score (nSPS) is 12.1. The molecule has 2 aromatic heterocycles. The maximum absolute atomic E-state index is 13.7. The van der Waals surface area contributed by atoms with Crippen molar-refractivity contribution in [3.8, 4) is 17.1 Å². The predicted molar refractivity (Wildman–Crippen MR) is 118 cm³/mol. The van der Waals surface area contributed by atoms with Crippen LogP contribution >= 0.6 is 11.6 Å². The van der Waals surface area contributed by atoms with Crippen LogP contribution < -0.4 is 10.5 Å². The highest BCUT2D eigenvalue weighted by Crippen LogP contribution is 2.41. The van der Waals surface area contributed by atoms with E-state index in [1.165, 1.54) is 0 Å². The van der Waals surface area contributed by atoms with Gasteiger partial charge in [-0.25, -0.2) is 4.98 Å². The second-order valence-electron chi connectivity index (χ2n) is 7.32. The summed E-state index contributed by atoms with van der Waals surface area (Å²) in [6.45, 7) is 0.508. The van der Waals surface area contributed by atoms with Crippen LogP contribution in [0.4, 0.5) is 13.2 Å². The molecule has 0 radical (unpaired) electrons. The number of fused-ring (bicyclic) bond motifs is 2. The van der Waals surface area contributed by atoms with Gasteiger partial charge in [-0.05, 0) is 55.6 Å². The lowest BCUT2D eigenvalue weighted by molar-refractivity contribution is -0.136. The van der Waals surface area contributed by atoms with Crippen molar-refractivity contribution in [1.29, 1.82) is 0 Å². The van der Waals surface area contributed by atoms with E-state index in [4.69, 9.17) is 27.1 Å². The average molecular weight is 448 g/mol. The molecule has 31 heavy (non-hydrogen) atoms. The summed E-state index contributed by atoms with van der Waals surface area (Å²) in [5.74, 6) is 0.598. The number of methoxy groups -OCH3 is 1. The Morgan fingerprint density at radius 3 is 2.58 bits per heavy atom. The van der Waals surface area contributed by atoms with E-state index in [2.05, 4.69) is 4.98 Å². The third-order valence-electron chi connectivity index (χ3n) is 5.32. The molecule has 0 fully saturated rings. The fourth-order valence-corrected chi connectivity index (χ4v) is 4.12. The largest absolute Gasteiger partial charge is 0.496 e. The third kappa shape index (κ3) is 4.07. The lowest BCUT2D eigenvalue weighted by atomic mass is 10.0. The SMILES string of the molecule is COc1cc(-c2[nH]c3c(C(F)(F)F)cc(Cl)cc3c2CCCCN)nc2ccccc12. The summed E-state index contributed by atoms with van der Waals surface area (Å²) in [6, 6.07) is 11.7. The van der Waals surface area contributed by atoms with Crippen molar-refractivity contribution in [2.75, 3.05) is 13.7 Å². The van der Waals surface area contributed by atoms with E-state index in [1.54, 1.807) is 19.2 Å². The average Bonchev–Trinajstić information content (AvgIpc) is 3.10. The van der Waals surface area contributed by atoms with Crippen molar-refractivity contribution in [3.63, 3.8) is 0 Å². The number of ether oxygens (including phenoxy) is 1. The zero-order chi connectivity index (χ0) is 22.2. The van der Waals surface area contributed by atoms with E-state index in [0.29, 0.717) is 41.0 Å². The summed E-state index contributed by atoms with van der Waals surface area (Å²) < 4.78 is 46.8. The minimum atomic E-state index is -4.55. The summed E-state index contributed by atoms with van der Waals surface area (Å²) in [6.07, 6.45) is -2.52. The number of benzene rings is 2. The molecule has 0 spiro atoms.